The first-order chi connectivity index (χ1) is 16.4. The minimum atomic E-state index is -0.996. The summed E-state index contributed by atoms with van der Waals surface area (Å²) in [6, 6.07) is 8.76. The van der Waals surface area contributed by atoms with Crippen LogP contribution in [0, 0.1) is 11.8 Å². The molecule has 180 valence electrons. The van der Waals surface area contributed by atoms with Crippen molar-refractivity contribution >= 4 is 11.8 Å². The molecule has 0 unspecified atom stereocenters. The van der Waals surface area contributed by atoms with Crippen molar-refractivity contribution in [1.82, 2.24) is 19.6 Å². The van der Waals surface area contributed by atoms with E-state index >= 15 is 0 Å². The zero-order chi connectivity index (χ0) is 24.1. The third-order valence-electron chi connectivity index (χ3n) is 5.92. The molecule has 1 N–H and O–H groups in total. The van der Waals surface area contributed by atoms with Gasteiger partial charge in [0.2, 0.25) is 5.43 Å². The van der Waals surface area contributed by atoms with Crippen LogP contribution in [0.3, 0.4) is 0 Å². The summed E-state index contributed by atoms with van der Waals surface area (Å²) < 4.78 is 9.01. The van der Waals surface area contributed by atoms with Crippen LogP contribution in [-0.2, 0) is 17.7 Å². The van der Waals surface area contributed by atoms with Gasteiger partial charge in [-0.3, -0.25) is 14.4 Å². The molecule has 0 bridgehead atoms. The minimum Gasteiger partial charge on any atom is -0.465 e. The van der Waals surface area contributed by atoms with Crippen molar-refractivity contribution in [2.45, 2.75) is 39.7 Å². The highest BCUT2D eigenvalue weighted by atomic mass is 16.5. The SMILES string of the molecule is CC(C)CN(C(=O)O)c1cccc(Cc2nn(-c3cnn(CC4CCOCC4)c3)ccc2=O)c1. The van der Waals surface area contributed by atoms with Gasteiger partial charge in [0.25, 0.3) is 0 Å². The quantitative estimate of drug-likeness (QED) is 0.545. The van der Waals surface area contributed by atoms with Crippen molar-refractivity contribution in [2.75, 3.05) is 24.7 Å². The largest absolute Gasteiger partial charge is 0.465 e. The van der Waals surface area contributed by atoms with Crippen molar-refractivity contribution < 1.29 is 14.6 Å². The highest BCUT2D eigenvalue weighted by Crippen LogP contribution is 2.20. The first-order valence-electron chi connectivity index (χ1n) is 11.7. The van der Waals surface area contributed by atoms with E-state index in [4.69, 9.17) is 4.74 Å². The smallest absolute Gasteiger partial charge is 0.411 e. The maximum atomic E-state index is 12.5. The number of carbonyl (C=O) groups is 1. The fourth-order valence-electron chi connectivity index (χ4n) is 4.16. The highest BCUT2D eigenvalue weighted by molar-refractivity contribution is 5.86. The van der Waals surface area contributed by atoms with E-state index in [1.165, 1.54) is 11.0 Å². The molecular weight excluding hydrogens is 434 g/mol. The Balaban J connectivity index is 1.52. The van der Waals surface area contributed by atoms with Gasteiger partial charge in [0, 0.05) is 50.7 Å². The lowest BCUT2D eigenvalue weighted by atomic mass is 10.0. The van der Waals surface area contributed by atoms with E-state index in [0.717, 1.165) is 43.9 Å². The molecule has 34 heavy (non-hydrogen) atoms. The Morgan fingerprint density at radius 2 is 2.06 bits per heavy atom. The third-order valence-corrected chi connectivity index (χ3v) is 5.92. The van der Waals surface area contributed by atoms with Crippen molar-refractivity contribution in [2.24, 2.45) is 11.8 Å². The van der Waals surface area contributed by atoms with Crippen LogP contribution in [0.5, 0.6) is 0 Å². The molecule has 3 heterocycles. The summed E-state index contributed by atoms with van der Waals surface area (Å²) in [5.41, 5.74) is 2.43. The Kier molecular flexibility index (Phi) is 7.42. The van der Waals surface area contributed by atoms with Gasteiger partial charge < -0.3 is 9.84 Å². The summed E-state index contributed by atoms with van der Waals surface area (Å²) in [5.74, 6) is 0.738. The second-order valence-corrected chi connectivity index (χ2v) is 9.18. The lowest BCUT2D eigenvalue weighted by Crippen LogP contribution is -2.32. The number of ether oxygens (including phenoxy) is 1. The summed E-state index contributed by atoms with van der Waals surface area (Å²) in [6.07, 6.45) is 6.71. The van der Waals surface area contributed by atoms with E-state index in [0.29, 0.717) is 30.3 Å². The Bertz CT molecular complexity index is 1180. The fourth-order valence-corrected chi connectivity index (χ4v) is 4.16. The van der Waals surface area contributed by atoms with Gasteiger partial charge in [-0.25, -0.2) is 9.48 Å². The van der Waals surface area contributed by atoms with E-state index in [1.54, 1.807) is 29.2 Å². The summed E-state index contributed by atoms with van der Waals surface area (Å²) in [7, 11) is 0. The first kappa shape index (κ1) is 23.7. The maximum Gasteiger partial charge on any atom is 0.411 e. The molecule has 1 aliphatic rings. The second-order valence-electron chi connectivity index (χ2n) is 9.18. The van der Waals surface area contributed by atoms with Crippen molar-refractivity contribution in [1.29, 1.82) is 0 Å². The van der Waals surface area contributed by atoms with Gasteiger partial charge in [0.15, 0.2) is 0 Å². The normalized spacial score (nSPS) is 14.4. The van der Waals surface area contributed by atoms with Crippen LogP contribution in [-0.4, -0.2) is 50.5 Å². The minimum absolute atomic E-state index is 0.159. The van der Waals surface area contributed by atoms with E-state index < -0.39 is 6.09 Å². The van der Waals surface area contributed by atoms with Gasteiger partial charge in [-0.2, -0.15) is 10.2 Å². The molecule has 9 nitrogen and oxygen atoms in total. The fraction of sp³-hybridized carbons (Fsp3) is 0.440. The molecule has 1 aliphatic heterocycles. The van der Waals surface area contributed by atoms with Crippen LogP contribution in [0.25, 0.3) is 5.69 Å². The Labute approximate surface area is 198 Å². The number of hydrogen-bond donors (Lipinski definition) is 1. The topological polar surface area (TPSA) is 102 Å². The first-order valence-corrected chi connectivity index (χ1v) is 11.7. The number of anilines is 1. The van der Waals surface area contributed by atoms with Gasteiger partial charge in [-0.05, 0) is 42.4 Å². The van der Waals surface area contributed by atoms with E-state index in [2.05, 4.69) is 10.2 Å². The molecule has 3 aromatic rings. The molecule has 0 saturated carbocycles. The number of amides is 1. The summed E-state index contributed by atoms with van der Waals surface area (Å²) in [6.45, 7) is 6.77. The molecule has 0 spiro atoms. The van der Waals surface area contributed by atoms with Gasteiger partial charge in [-0.1, -0.05) is 26.0 Å². The lowest BCUT2D eigenvalue weighted by Gasteiger charge is -2.22. The van der Waals surface area contributed by atoms with Gasteiger partial charge in [0.05, 0.1) is 12.4 Å². The molecule has 4 rings (SSSR count). The molecule has 0 radical (unpaired) electrons. The second kappa shape index (κ2) is 10.6. The zero-order valence-corrected chi connectivity index (χ0v) is 19.6. The van der Waals surface area contributed by atoms with Crippen molar-refractivity contribution in [3.8, 4) is 5.69 Å². The van der Waals surface area contributed by atoms with Crippen LogP contribution in [0.4, 0.5) is 10.5 Å². The zero-order valence-electron chi connectivity index (χ0n) is 19.6. The molecule has 1 fully saturated rings. The van der Waals surface area contributed by atoms with Crippen LogP contribution in [0.15, 0.2) is 53.7 Å². The lowest BCUT2D eigenvalue weighted by molar-refractivity contribution is 0.0601. The van der Waals surface area contributed by atoms with Gasteiger partial charge in [-0.15, -0.1) is 0 Å². The molecule has 0 aliphatic carbocycles. The monoisotopic (exact) mass is 465 g/mol. The van der Waals surface area contributed by atoms with Crippen LogP contribution < -0.4 is 10.3 Å². The number of nitrogens with zero attached hydrogens (tertiary/aromatic N) is 5. The summed E-state index contributed by atoms with van der Waals surface area (Å²) in [4.78, 5) is 25.6. The standard InChI is InChI=1S/C25H31N5O4/c1-18(2)15-29(25(32)33)21-5-3-4-20(12-21)13-23-24(31)6-9-30(27-23)22-14-26-28(17-22)16-19-7-10-34-11-8-19/h3-6,9,12,14,17-19H,7-8,10-11,13,15-16H2,1-2H3,(H,32,33). The highest BCUT2D eigenvalue weighted by Gasteiger charge is 2.17. The number of carboxylic acid groups (broad SMARTS) is 1. The summed E-state index contributed by atoms with van der Waals surface area (Å²) in [5, 5.41) is 18.6. The van der Waals surface area contributed by atoms with Crippen LogP contribution in [0.2, 0.25) is 0 Å². The number of aromatic nitrogens is 4. The molecular formula is C25H31N5O4. The third kappa shape index (κ3) is 5.91. The van der Waals surface area contributed by atoms with E-state index in [1.807, 2.05) is 36.9 Å². The van der Waals surface area contributed by atoms with Crippen LogP contribution in [0.1, 0.15) is 37.9 Å². The maximum absolute atomic E-state index is 12.5. The van der Waals surface area contributed by atoms with Gasteiger partial charge >= 0.3 is 6.09 Å². The average Bonchev–Trinajstić information content (AvgIpc) is 3.28. The van der Waals surface area contributed by atoms with Crippen molar-refractivity contribution in [3.05, 3.63) is 70.4 Å². The number of rotatable bonds is 8. The summed E-state index contributed by atoms with van der Waals surface area (Å²) >= 11 is 0. The average molecular weight is 466 g/mol. The molecule has 2 aromatic heterocycles. The van der Waals surface area contributed by atoms with Crippen LogP contribution >= 0.6 is 0 Å². The predicted octanol–water partition coefficient (Wildman–Crippen LogP) is 3.59. The molecule has 0 atom stereocenters. The van der Waals surface area contributed by atoms with Gasteiger partial charge in [0.1, 0.15) is 11.4 Å². The number of benzene rings is 1. The van der Waals surface area contributed by atoms with E-state index in [9.17, 15) is 14.7 Å². The Morgan fingerprint density at radius 3 is 2.79 bits per heavy atom. The molecule has 1 amide bonds. The Hall–Kier alpha value is -3.46. The predicted molar refractivity (Wildman–Crippen MR) is 129 cm³/mol. The number of hydrogen-bond acceptors (Lipinski definition) is 5. The van der Waals surface area contributed by atoms with Crippen molar-refractivity contribution in [3.63, 3.8) is 0 Å². The van der Waals surface area contributed by atoms with E-state index in [-0.39, 0.29) is 11.3 Å². The molecule has 1 saturated heterocycles. The molecule has 1 aromatic carbocycles. The Morgan fingerprint density at radius 1 is 1.26 bits per heavy atom. The molecule has 9 heteroatoms.